The highest BCUT2D eigenvalue weighted by atomic mass is 16.4. The van der Waals surface area contributed by atoms with Gasteiger partial charge >= 0.3 is 5.63 Å². The van der Waals surface area contributed by atoms with E-state index in [0.29, 0.717) is 11.1 Å². The Bertz CT molecular complexity index is 765. The van der Waals surface area contributed by atoms with Gasteiger partial charge in [-0.25, -0.2) is 4.79 Å². The molecule has 0 aliphatic carbocycles. The quantitative estimate of drug-likeness (QED) is 0.596. The molecule has 0 fully saturated rings. The molecular weight excluding hydrogens is 274 g/mol. The third-order valence-corrected chi connectivity index (χ3v) is 3.86. The third-order valence-electron chi connectivity index (χ3n) is 3.86. The van der Waals surface area contributed by atoms with Crippen molar-refractivity contribution in [3.8, 4) is 0 Å². The predicted octanol–water partition coefficient (Wildman–Crippen LogP) is 4.62. The van der Waals surface area contributed by atoms with E-state index in [-0.39, 0.29) is 5.63 Å². The molecule has 0 amide bonds. The maximum absolute atomic E-state index is 12.1. The van der Waals surface area contributed by atoms with Crippen LogP contribution >= 0.6 is 0 Å². The second-order valence-corrected chi connectivity index (χ2v) is 5.25. The molecule has 0 radical (unpaired) electrons. The molecule has 3 heteroatoms. The van der Waals surface area contributed by atoms with E-state index in [9.17, 15) is 4.79 Å². The van der Waals surface area contributed by atoms with E-state index in [1.54, 1.807) is 6.08 Å². The average molecular weight is 297 g/mol. The lowest BCUT2D eigenvalue weighted by Crippen LogP contribution is -2.21. The van der Waals surface area contributed by atoms with Crippen LogP contribution in [0.3, 0.4) is 0 Å². The molecule has 0 aliphatic heterocycles. The summed E-state index contributed by atoms with van der Waals surface area (Å²) in [6.45, 7) is 10.0. The standard InChI is InChI=1S/C19H23NO2/c1-5-14(4)8-9-16-12-15-10-11-17(20(6-2)7-3)13-18(15)22-19(16)21/h5,8-13H,6-7H2,1-4H3/b9-8+,14-5+. The maximum Gasteiger partial charge on any atom is 0.343 e. The van der Waals surface area contributed by atoms with Gasteiger partial charge in [-0.3, -0.25) is 0 Å². The van der Waals surface area contributed by atoms with Crippen molar-refractivity contribution in [1.29, 1.82) is 0 Å². The molecule has 3 nitrogen and oxygen atoms in total. The summed E-state index contributed by atoms with van der Waals surface area (Å²) < 4.78 is 5.49. The van der Waals surface area contributed by atoms with Crippen LogP contribution in [0.15, 0.2) is 51.2 Å². The van der Waals surface area contributed by atoms with Gasteiger partial charge in [0.2, 0.25) is 0 Å². The molecule has 0 aliphatic rings. The number of rotatable bonds is 5. The van der Waals surface area contributed by atoms with Crippen molar-refractivity contribution in [2.75, 3.05) is 18.0 Å². The molecule has 0 N–H and O–H groups in total. The van der Waals surface area contributed by atoms with Crippen molar-refractivity contribution >= 4 is 22.7 Å². The van der Waals surface area contributed by atoms with Gasteiger partial charge in [0.15, 0.2) is 0 Å². The number of nitrogens with zero attached hydrogens (tertiary/aromatic N) is 1. The predicted molar refractivity (Wildman–Crippen MR) is 94.5 cm³/mol. The van der Waals surface area contributed by atoms with Crippen LogP contribution in [0.4, 0.5) is 5.69 Å². The summed E-state index contributed by atoms with van der Waals surface area (Å²) in [6.07, 6.45) is 5.72. The van der Waals surface area contributed by atoms with Crippen molar-refractivity contribution in [3.63, 3.8) is 0 Å². The highest BCUT2D eigenvalue weighted by Gasteiger charge is 2.07. The summed E-state index contributed by atoms with van der Waals surface area (Å²) in [4.78, 5) is 14.3. The van der Waals surface area contributed by atoms with Crippen LogP contribution in [-0.2, 0) is 0 Å². The zero-order chi connectivity index (χ0) is 16.1. The van der Waals surface area contributed by atoms with Crippen LogP contribution in [0.2, 0.25) is 0 Å². The van der Waals surface area contributed by atoms with Gasteiger partial charge in [0.25, 0.3) is 0 Å². The summed E-state index contributed by atoms with van der Waals surface area (Å²) in [5, 5.41) is 0.938. The van der Waals surface area contributed by atoms with E-state index in [2.05, 4.69) is 24.8 Å². The van der Waals surface area contributed by atoms with Crippen LogP contribution in [0, 0.1) is 0 Å². The first-order valence-electron chi connectivity index (χ1n) is 7.72. The first kappa shape index (κ1) is 16.1. The van der Waals surface area contributed by atoms with Gasteiger partial charge in [0.1, 0.15) is 5.58 Å². The molecule has 1 aromatic heterocycles. The Labute approximate surface area is 131 Å². The van der Waals surface area contributed by atoms with Crippen molar-refractivity contribution in [2.24, 2.45) is 0 Å². The van der Waals surface area contributed by atoms with E-state index in [0.717, 1.165) is 29.7 Å². The van der Waals surface area contributed by atoms with E-state index in [4.69, 9.17) is 4.42 Å². The Morgan fingerprint density at radius 2 is 1.95 bits per heavy atom. The van der Waals surface area contributed by atoms with E-state index < -0.39 is 0 Å². The highest BCUT2D eigenvalue weighted by Crippen LogP contribution is 2.22. The van der Waals surface area contributed by atoms with Gasteiger partial charge in [0.05, 0.1) is 5.56 Å². The van der Waals surface area contributed by atoms with Crippen LogP contribution in [0.1, 0.15) is 33.3 Å². The van der Waals surface area contributed by atoms with Crippen molar-refractivity contribution < 1.29 is 4.42 Å². The second kappa shape index (κ2) is 7.12. The lowest BCUT2D eigenvalue weighted by Gasteiger charge is -2.20. The summed E-state index contributed by atoms with van der Waals surface area (Å²) in [5.41, 5.74) is 3.09. The first-order valence-corrected chi connectivity index (χ1v) is 7.72. The molecule has 0 saturated heterocycles. The molecule has 0 bridgehead atoms. The molecule has 2 rings (SSSR count). The molecular formula is C19H23NO2. The molecule has 0 unspecified atom stereocenters. The van der Waals surface area contributed by atoms with E-state index in [1.807, 2.05) is 44.2 Å². The Kier molecular flexibility index (Phi) is 5.21. The smallest absolute Gasteiger partial charge is 0.343 e. The zero-order valence-electron chi connectivity index (χ0n) is 13.7. The van der Waals surface area contributed by atoms with Gasteiger partial charge < -0.3 is 9.32 Å². The number of benzene rings is 1. The van der Waals surface area contributed by atoms with Crippen LogP contribution in [-0.4, -0.2) is 13.1 Å². The van der Waals surface area contributed by atoms with Crippen LogP contribution in [0.25, 0.3) is 17.0 Å². The zero-order valence-corrected chi connectivity index (χ0v) is 13.7. The molecule has 0 saturated carbocycles. The number of hydrogen-bond donors (Lipinski definition) is 0. The van der Waals surface area contributed by atoms with E-state index in [1.165, 1.54) is 0 Å². The second-order valence-electron chi connectivity index (χ2n) is 5.25. The average Bonchev–Trinajstić information content (AvgIpc) is 2.53. The van der Waals surface area contributed by atoms with Gasteiger partial charge in [-0.1, -0.05) is 17.7 Å². The third kappa shape index (κ3) is 3.48. The van der Waals surface area contributed by atoms with Crippen LogP contribution in [0.5, 0.6) is 0 Å². The van der Waals surface area contributed by atoms with Crippen LogP contribution < -0.4 is 10.5 Å². The minimum absolute atomic E-state index is 0.302. The minimum atomic E-state index is -0.302. The lowest BCUT2D eigenvalue weighted by atomic mass is 10.1. The minimum Gasteiger partial charge on any atom is -0.422 e. The summed E-state index contributed by atoms with van der Waals surface area (Å²) in [5.74, 6) is 0. The molecule has 0 atom stereocenters. The van der Waals surface area contributed by atoms with Crippen molar-refractivity contribution in [2.45, 2.75) is 27.7 Å². The molecule has 2 aromatic rings. The maximum atomic E-state index is 12.1. The van der Waals surface area contributed by atoms with E-state index >= 15 is 0 Å². The molecule has 22 heavy (non-hydrogen) atoms. The van der Waals surface area contributed by atoms with Crippen molar-refractivity contribution in [1.82, 2.24) is 0 Å². The van der Waals surface area contributed by atoms with Gasteiger partial charge in [-0.2, -0.15) is 0 Å². The lowest BCUT2D eigenvalue weighted by molar-refractivity contribution is 0.559. The summed E-state index contributed by atoms with van der Waals surface area (Å²) in [6, 6.07) is 7.90. The Hall–Kier alpha value is -2.29. The van der Waals surface area contributed by atoms with Gasteiger partial charge in [-0.05, 0) is 52.0 Å². The number of allylic oxidation sites excluding steroid dienone is 3. The fourth-order valence-corrected chi connectivity index (χ4v) is 2.33. The summed E-state index contributed by atoms with van der Waals surface area (Å²) in [7, 11) is 0. The topological polar surface area (TPSA) is 33.5 Å². The molecule has 0 spiro atoms. The fourth-order valence-electron chi connectivity index (χ4n) is 2.33. The number of fused-ring (bicyclic) bond motifs is 1. The van der Waals surface area contributed by atoms with Gasteiger partial charge in [0, 0.05) is 30.2 Å². The molecule has 1 heterocycles. The summed E-state index contributed by atoms with van der Waals surface area (Å²) >= 11 is 0. The molecule has 1 aromatic carbocycles. The fraction of sp³-hybridized carbons (Fsp3) is 0.316. The normalized spacial score (nSPS) is 12.3. The largest absolute Gasteiger partial charge is 0.422 e. The highest BCUT2D eigenvalue weighted by molar-refractivity contribution is 5.82. The number of hydrogen-bond acceptors (Lipinski definition) is 3. The van der Waals surface area contributed by atoms with Crippen molar-refractivity contribution in [3.05, 3.63) is 58.0 Å². The molecule has 116 valence electrons. The SMILES string of the molecule is C/C=C(C)/C=C/c1cc2ccc(N(CC)CC)cc2oc1=O. The Morgan fingerprint density at radius 3 is 2.59 bits per heavy atom. The first-order chi connectivity index (χ1) is 10.6. The monoisotopic (exact) mass is 297 g/mol. The van der Waals surface area contributed by atoms with Gasteiger partial charge in [-0.15, -0.1) is 0 Å². The Morgan fingerprint density at radius 1 is 1.23 bits per heavy atom. The number of anilines is 1. The Balaban J connectivity index is 2.46.